The van der Waals surface area contributed by atoms with Gasteiger partial charge in [-0.25, -0.2) is 14.4 Å². The van der Waals surface area contributed by atoms with Crippen LogP contribution in [0.4, 0.5) is 10.2 Å². The third-order valence-corrected chi connectivity index (χ3v) is 11.9. The third kappa shape index (κ3) is 7.60. The maximum absolute atomic E-state index is 14.4. The standard InChI is InChI=1S/C33H48FN7O6S/c1-5-38(4)48(43,44)37-26-7-8-27(46-19-26)16-39-12-10-33(11-13-39)20-40(21-33)31-30(15-35-22-36-31)47-29-9-6-25(34)14-28(29)32(42)41-23(2)17-45-18-24(41)3/h6,9,14-15,22-24,26-27,37H,5,7-8,10-13,16-21H2,1-4H3/t23-,24-,26-,27+/m1/s1. The molecule has 1 spiro atoms. The fourth-order valence-corrected chi connectivity index (χ4v) is 8.41. The van der Waals surface area contributed by atoms with Crippen molar-refractivity contribution in [2.75, 3.05) is 71.0 Å². The van der Waals surface area contributed by atoms with Gasteiger partial charge in [0.05, 0.1) is 49.8 Å². The number of anilines is 1. The molecule has 1 amide bonds. The Morgan fingerprint density at radius 1 is 1.12 bits per heavy atom. The molecule has 4 atom stereocenters. The monoisotopic (exact) mass is 689 g/mol. The number of hydrogen-bond donors (Lipinski definition) is 1. The van der Waals surface area contributed by atoms with Gasteiger partial charge in [0.1, 0.15) is 17.9 Å². The zero-order chi connectivity index (χ0) is 34.1. The highest BCUT2D eigenvalue weighted by Crippen LogP contribution is 2.45. The molecule has 0 unspecified atom stereocenters. The lowest BCUT2D eigenvalue weighted by Gasteiger charge is -2.54. The second-order valence-electron chi connectivity index (χ2n) is 13.8. The van der Waals surface area contributed by atoms with Crippen molar-refractivity contribution < 1.29 is 31.8 Å². The average Bonchev–Trinajstić information content (AvgIpc) is 3.05. The third-order valence-electron chi connectivity index (χ3n) is 10.2. The zero-order valence-electron chi connectivity index (χ0n) is 28.3. The first kappa shape index (κ1) is 34.9. The van der Waals surface area contributed by atoms with E-state index in [9.17, 15) is 17.6 Å². The molecule has 1 aromatic carbocycles. The Hall–Kier alpha value is -2.95. The van der Waals surface area contributed by atoms with Gasteiger partial charge in [0.15, 0.2) is 11.6 Å². The Labute approximate surface area is 282 Å². The molecule has 0 aliphatic carbocycles. The van der Waals surface area contributed by atoms with Crippen LogP contribution in [0, 0.1) is 11.2 Å². The summed E-state index contributed by atoms with van der Waals surface area (Å²) >= 11 is 0. The number of hydrogen-bond acceptors (Lipinski definition) is 10. The second kappa shape index (κ2) is 14.5. The highest BCUT2D eigenvalue weighted by Gasteiger charge is 2.46. The molecule has 264 valence electrons. The molecule has 5 heterocycles. The first-order valence-corrected chi connectivity index (χ1v) is 18.4. The van der Waals surface area contributed by atoms with Crippen LogP contribution in [0.3, 0.4) is 0 Å². The van der Waals surface area contributed by atoms with Crippen molar-refractivity contribution in [2.24, 2.45) is 5.41 Å². The Morgan fingerprint density at radius 3 is 2.52 bits per heavy atom. The first-order valence-electron chi connectivity index (χ1n) is 17.0. The minimum absolute atomic E-state index is 0.0974. The van der Waals surface area contributed by atoms with Crippen molar-refractivity contribution in [2.45, 2.75) is 70.7 Å². The smallest absolute Gasteiger partial charge is 0.279 e. The molecule has 4 aliphatic rings. The van der Waals surface area contributed by atoms with E-state index in [0.717, 1.165) is 58.4 Å². The topological polar surface area (TPSA) is 130 Å². The van der Waals surface area contributed by atoms with Crippen LogP contribution in [0.5, 0.6) is 11.5 Å². The van der Waals surface area contributed by atoms with Gasteiger partial charge in [-0.05, 0) is 70.8 Å². The van der Waals surface area contributed by atoms with E-state index in [4.69, 9.17) is 14.2 Å². The molecular formula is C33H48FN7O6S. The zero-order valence-corrected chi connectivity index (χ0v) is 29.1. The number of amides is 1. The van der Waals surface area contributed by atoms with Gasteiger partial charge in [0.2, 0.25) is 0 Å². The van der Waals surface area contributed by atoms with E-state index in [1.54, 1.807) is 18.1 Å². The fraction of sp³-hybridized carbons (Fsp3) is 0.667. The van der Waals surface area contributed by atoms with Gasteiger partial charge < -0.3 is 28.9 Å². The lowest BCUT2D eigenvalue weighted by Crippen LogP contribution is -2.61. The lowest BCUT2D eigenvalue weighted by atomic mass is 9.72. The van der Waals surface area contributed by atoms with Crippen molar-refractivity contribution in [3.05, 3.63) is 42.1 Å². The minimum atomic E-state index is -3.48. The van der Waals surface area contributed by atoms with Gasteiger partial charge in [0, 0.05) is 44.7 Å². The van der Waals surface area contributed by atoms with Gasteiger partial charge in [-0.15, -0.1) is 0 Å². The number of carbonyl (C=O) groups is 1. The number of carbonyl (C=O) groups excluding carboxylic acids is 1. The number of likely N-dealkylation sites (tertiary alicyclic amines) is 1. The van der Waals surface area contributed by atoms with E-state index in [-0.39, 0.29) is 46.9 Å². The van der Waals surface area contributed by atoms with Crippen LogP contribution >= 0.6 is 0 Å². The Kier molecular flexibility index (Phi) is 10.5. The van der Waals surface area contributed by atoms with Crippen LogP contribution in [0.25, 0.3) is 0 Å². The molecule has 48 heavy (non-hydrogen) atoms. The summed E-state index contributed by atoms with van der Waals surface area (Å²) < 4.78 is 61.2. The summed E-state index contributed by atoms with van der Waals surface area (Å²) in [6.45, 7) is 11.7. The highest BCUT2D eigenvalue weighted by atomic mass is 32.2. The summed E-state index contributed by atoms with van der Waals surface area (Å²) in [5, 5.41) is 0. The lowest BCUT2D eigenvalue weighted by molar-refractivity contribution is -0.0300. The molecular weight excluding hydrogens is 641 g/mol. The van der Waals surface area contributed by atoms with Crippen molar-refractivity contribution >= 4 is 21.9 Å². The normalized spacial score (nSPS) is 26.5. The number of piperidine rings is 1. The van der Waals surface area contributed by atoms with E-state index < -0.39 is 16.0 Å². The van der Waals surface area contributed by atoms with E-state index >= 15 is 0 Å². The van der Waals surface area contributed by atoms with Crippen LogP contribution in [-0.2, 0) is 19.7 Å². The summed E-state index contributed by atoms with van der Waals surface area (Å²) in [5.74, 6) is 0.518. The number of nitrogens with zero attached hydrogens (tertiary/aromatic N) is 6. The van der Waals surface area contributed by atoms with Gasteiger partial charge in [-0.3, -0.25) is 4.79 Å². The average molecular weight is 690 g/mol. The minimum Gasteiger partial charge on any atom is -0.451 e. The number of rotatable bonds is 10. The summed E-state index contributed by atoms with van der Waals surface area (Å²) in [6, 6.07) is 3.50. The maximum atomic E-state index is 14.4. The largest absolute Gasteiger partial charge is 0.451 e. The molecule has 4 aliphatic heterocycles. The first-order chi connectivity index (χ1) is 23.0. The number of ether oxygens (including phenoxy) is 3. The Balaban J connectivity index is 1.02. The molecule has 1 N–H and O–H groups in total. The summed E-state index contributed by atoms with van der Waals surface area (Å²) in [4.78, 5) is 28.8. The van der Waals surface area contributed by atoms with Crippen molar-refractivity contribution in [1.29, 1.82) is 0 Å². The van der Waals surface area contributed by atoms with E-state index in [0.29, 0.717) is 37.9 Å². The van der Waals surface area contributed by atoms with Crippen molar-refractivity contribution in [3.63, 3.8) is 0 Å². The summed E-state index contributed by atoms with van der Waals surface area (Å²) in [7, 11) is -1.91. The van der Waals surface area contributed by atoms with Gasteiger partial charge >= 0.3 is 0 Å². The Bertz CT molecular complexity index is 1530. The summed E-state index contributed by atoms with van der Waals surface area (Å²) in [5.41, 5.74) is 0.334. The van der Waals surface area contributed by atoms with Crippen LogP contribution in [0.1, 0.15) is 56.8 Å². The predicted octanol–water partition coefficient (Wildman–Crippen LogP) is 2.89. The van der Waals surface area contributed by atoms with Crippen LogP contribution in [-0.4, -0.2) is 129 Å². The van der Waals surface area contributed by atoms with Gasteiger partial charge in [0.25, 0.3) is 16.1 Å². The number of halogens is 1. The van der Waals surface area contributed by atoms with Crippen molar-refractivity contribution in [3.8, 4) is 11.5 Å². The molecule has 6 rings (SSSR count). The highest BCUT2D eigenvalue weighted by molar-refractivity contribution is 7.87. The number of nitrogens with one attached hydrogen (secondary N) is 1. The van der Waals surface area contributed by atoms with Crippen LogP contribution < -0.4 is 14.4 Å². The molecule has 0 saturated carbocycles. The SMILES string of the molecule is CCN(C)S(=O)(=O)N[C@@H]1CC[C@@H](CN2CCC3(CC2)CN(c2ncncc2Oc2ccc(F)cc2C(=O)N2[C@H](C)COC[C@H]2C)C3)OC1. The number of benzene rings is 1. The second-order valence-corrected chi connectivity index (χ2v) is 15.6. The van der Waals surface area contributed by atoms with Gasteiger partial charge in [-0.2, -0.15) is 17.4 Å². The maximum Gasteiger partial charge on any atom is 0.279 e. The molecule has 4 fully saturated rings. The predicted molar refractivity (Wildman–Crippen MR) is 178 cm³/mol. The van der Waals surface area contributed by atoms with E-state index in [1.165, 1.54) is 28.8 Å². The molecule has 1 aromatic heterocycles. The molecule has 4 saturated heterocycles. The molecule has 0 bridgehead atoms. The summed E-state index contributed by atoms with van der Waals surface area (Å²) in [6.07, 6.45) is 6.86. The van der Waals surface area contributed by atoms with E-state index in [2.05, 4.69) is 24.5 Å². The van der Waals surface area contributed by atoms with Crippen molar-refractivity contribution in [1.82, 2.24) is 28.8 Å². The molecule has 13 nitrogen and oxygen atoms in total. The molecule has 15 heteroatoms. The van der Waals surface area contributed by atoms with Gasteiger partial charge in [-0.1, -0.05) is 6.92 Å². The molecule has 0 radical (unpaired) electrons. The quantitative estimate of drug-likeness (QED) is 0.398. The molecule has 2 aromatic rings. The number of aromatic nitrogens is 2. The number of morpholine rings is 1. The van der Waals surface area contributed by atoms with E-state index in [1.807, 2.05) is 20.8 Å². The fourth-order valence-electron chi connectivity index (χ4n) is 7.28. The van der Waals surface area contributed by atoms with Crippen LogP contribution in [0.2, 0.25) is 0 Å². The Morgan fingerprint density at radius 2 is 1.85 bits per heavy atom. The van der Waals surface area contributed by atoms with Crippen LogP contribution in [0.15, 0.2) is 30.7 Å².